The average molecular weight is 583 g/mol. The second-order valence-electron chi connectivity index (χ2n) is 16.2. The predicted molar refractivity (Wildman–Crippen MR) is 174 cm³/mol. The molecule has 2 aromatic carbocycles. The van der Waals surface area contributed by atoms with Crippen LogP contribution in [0, 0.1) is 0 Å². The third kappa shape index (κ3) is 7.89. The van der Waals surface area contributed by atoms with Crippen molar-refractivity contribution in [1.82, 2.24) is 0 Å². The third-order valence-electron chi connectivity index (χ3n) is 8.30. The summed E-state index contributed by atoms with van der Waals surface area (Å²) in [6.07, 6.45) is 3.21. The van der Waals surface area contributed by atoms with Gasteiger partial charge in [-0.1, -0.05) is 114 Å². The second kappa shape index (κ2) is 12.6. The molecule has 0 fully saturated rings. The van der Waals surface area contributed by atoms with Crippen LogP contribution in [0.15, 0.2) is 24.3 Å². The number of aliphatic hydroxyl groups is 1. The smallest absolute Gasteiger partial charge is 0.320 e. The Morgan fingerprint density at radius 3 is 1.17 bits per heavy atom. The molecule has 0 aliphatic carbocycles. The molecule has 0 aliphatic rings. The number of hydrogen-bond donors (Lipinski definition) is 3. The highest BCUT2D eigenvalue weighted by Gasteiger charge is 2.43. The maximum atomic E-state index is 14.4. The molecule has 2 aromatic rings. The van der Waals surface area contributed by atoms with Crippen LogP contribution in [0.2, 0.25) is 0 Å². The predicted octanol–water partition coefficient (Wildman–Crippen LogP) is 8.69. The van der Waals surface area contributed by atoms with Gasteiger partial charge in [0.2, 0.25) is 0 Å². The molecule has 0 amide bonds. The normalized spacial score (nSPS) is 13.4. The van der Waals surface area contributed by atoms with Gasteiger partial charge >= 0.3 is 5.97 Å². The number of phenols is 2. The lowest BCUT2D eigenvalue weighted by Crippen LogP contribution is -2.37. The summed E-state index contributed by atoms with van der Waals surface area (Å²) in [5.41, 5.74) is 1.90. The second-order valence-corrected chi connectivity index (χ2v) is 16.2. The van der Waals surface area contributed by atoms with Crippen LogP contribution in [0.5, 0.6) is 11.5 Å². The summed E-state index contributed by atoms with van der Waals surface area (Å²) in [6.45, 7) is 27.2. The van der Waals surface area contributed by atoms with Crippen LogP contribution in [0.3, 0.4) is 0 Å². The molecular formula is C37H58O5. The Labute approximate surface area is 255 Å². The van der Waals surface area contributed by atoms with Crippen LogP contribution >= 0.6 is 0 Å². The highest BCUT2D eigenvalue weighted by Crippen LogP contribution is 2.47. The number of aliphatic hydroxyl groups excluding tert-OH is 1. The Bertz CT molecular complexity index is 1090. The van der Waals surface area contributed by atoms with Crippen molar-refractivity contribution >= 4 is 5.97 Å². The molecule has 5 heteroatoms. The maximum absolute atomic E-state index is 14.4. The lowest BCUT2D eigenvalue weighted by atomic mass is 9.68. The summed E-state index contributed by atoms with van der Waals surface area (Å²) in [4.78, 5) is 14.4. The Balaban J connectivity index is 2.97. The van der Waals surface area contributed by atoms with Crippen molar-refractivity contribution < 1.29 is 24.9 Å². The van der Waals surface area contributed by atoms with E-state index in [4.69, 9.17) is 9.84 Å². The zero-order valence-corrected chi connectivity index (χ0v) is 28.7. The number of benzene rings is 2. The fraction of sp³-hybridized carbons (Fsp3) is 0.649. The quantitative estimate of drug-likeness (QED) is 0.203. The molecule has 3 N–H and O–H groups in total. The zero-order chi connectivity index (χ0) is 32.5. The van der Waals surface area contributed by atoms with Crippen molar-refractivity contribution in [3.63, 3.8) is 0 Å². The van der Waals surface area contributed by atoms with Gasteiger partial charge in [0, 0.05) is 6.61 Å². The van der Waals surface area contributed by atoms with Crippen LogP contribution in [0.1, 0.15) is 149 Å². The summed E-state index contributed by atoms with van der Waals surface area (Å²) in [7, 11) is 0. The van der Waals surface area contributed by atoms with E-state index in [1.54, 1.807) is 0 Å². The molecule has 0 aromatic heterocycles. The fourth-order valence-electron chi connectivity index (χ4n) is 5.41. The summed E-state index contributed by atoms with van der Waals surface area (Å²) >= 11 is 0. The fourth-order valence-corrected chi connectivity index (χ4v) is 5.41. The van der Waals surface area contributed by atoms with E-state index in [2.05, 4.69) is 83.1 Å². The van der Waals surface area contributed by atoms with Crippen molar-refractivity contribution in [3.05, 3.63) is 57.6 Å². The van der Waals surface area contributed by atoms with E-state index in [1.807, 2.05) is 31.2 Å². The Morgan fingerprint density at radius 1 is 0.571 bits per heavy atom. The lowest BCUT2D eigenvalue weighted by molar-refractivity contribution is -0.148. The molecule has 0 spiro atoms. The van der Waals surface area contributed by atoms with Crippen LogP contribution < -0.4 is 0 Å². The number of unbranched alkanes of at least 4 members (excludes halogenated alkanes) is 3. The molecule has 236 valence electrons. The first-order valence-corrected chi connectivity index (χ1v) is 15.5. The highest BCUT2D eigenvalue weighted by molar-refractivity contribution is 5.88. The Kier molecular flexibility index (Phi) is 10.7. The van der Waals surface area contributed by atoms with Gasteiger partial charge < -0.3 is 20.1 Å². The number of ether oxygens (including phenoxy) is 1. The van der Waals surface area contributed by atoms with Gasteiger partial charge in [0.15, 0.2) is 0 Å². The number of carbonyl (C=O) groups excluding carboxylic acids is 1. The first-order chi connectivity index (χ1) is 19.0. The summed E-state index contributed by atoms with van der Waals surface area (Å²) < 4.78 is 6.03. The number of hydrogen-bond acceptors (Lipinski definition) is 5. The van der Waals surface area contributed by atoms with E-state index >= 15 is 0 Å². The van der Waals surface area contributed by atoms with Gasteiger partial charge in [-0.3, -0.25) is 4.79 Å². The number of esters is 1. The van der Waals surface area contributed by atoms with Crippen LogP contribution in [0.25, 0.3) is 0 Å². The topological polar surface area (TPSA) is 87.0 Å². The van der Waals surface area contributed by atoms with Crippen molar-refractivity contribution in [2.24, 2.45) is 0 Å². The maximum Gasteiger partial charge on any atom is 0.320 e. The van der Waals surface area contributed by atoms with Crippen LogP contribution in [-0.4, -0.2) is 34.5 Å². The van der Waals surface area contributed by atoms with E-state index in [9.17, 15) is 15.0 Å². The third-order valence-corrected chi connectivity index (χ3v) is 8.30. The summed E-state index contributed by atoms with van der Waals surface area (Å²) in [5, 5.41) is 32.1. The summed E-state index contributed by atoms with van der Waals surface area (Å²) in [6, 6.07) is 7.86. The van der Waals surface area contributed by atoms with E-state index in [0.29, 0.717) is 6.42 Å². The molecule has 2 rings (SSSR count). The van der Waals surface area contributed by atoms with Gasteiger partial charge in [-0.05, 0) is 81.2 Å². The number of aromatic hydroxyl groups is 2. The number of rotatable bonds is 9. The Hall–Kier alpha value is -2.53. The van der Waals surface area contributed by atoms with E-state index in [1.165, 1.54) is 0 Å². The highest BCUT2D eigenvalue weighted by atomic mass is 16.5. The molecule has 0 saturated heterocycles. The molecule has 0 heterocycles. The van der Waals surface area contributed by atoms with Gasteiger partial charge in [-0.15, -0.1) is 0 Å². The molecule has 42 heavy (non-hydrogen) atoms. The molecule has 0 atom stereocenters. The molecule has 0 saturated carbocycles. The number of carbonyl (C=O) groups is 1. The van der Waals surface area contributed by atoms with Crippen molar-refractivity contribution in [2.75, 3.05) is 13.2 Å². The van der Waals surface area contributed by atoms with Crippen LogP contribution in [0.4, 0.5) is 0 Å². The molecule has 5 nitrogen and oxygen atoms in total. The molecule has 0 bridgehead atoms. The minimum Gasteiger partial charge on any atom is -0.507 e. The van der Waals surface area contributed by atoms with E-state index in [0.717, 1.165) is 52.6 Å². The average Bonchev–Trinajstić information content (AvgIpc) is 2.82. The van der Waals surface area contributed by atoms with Crippen molar-refractivity contribution in [2.45, 2.75) is 143 Å². The van der Waals surface area contributed by atoms with Gasteiger partial charge in [0.1, 0.15) is 16.9 Å². The minimum absolute atomic E-state index is 0.165. The van der Waals surface area contributed by atoms with E-state index < -0.39 is 5.41 Å². The van der Waals surface area contributed by atoms with Crippen molar-refractivity contribution in [3.8, 4) is 11.5 Å². The molecular weight excluding hydrogens is 524 g/mol. The molecule has 0 unspecified atom stereocenters. The van der Waals surface area contributed by atoms with E-state index in [-0.39, 0.29) is 52.3 Å². The SMILES string of the molecule is CC(C)(C)c1cc(C(C)(C(=O)OCCCCCCO)c2cc(C(C)(C)C)c(O)c(C(C)(C)C)c2)cc(C(C)(C)C)c1O. The van der Waals surface area contributed by atoms with Crippen LogP contribution in [-0.2, 0) is 36.6 Å². The van der Waals surface area contributed by atoms with Gasteiger partial charge in [0.25, 0.3) is 0 Å². The van der Waals surface area contributed by atoms with Gasteiger partial charge in [0.05, 0.1) is 6.61 Å². The Morgan fingerprint density at radius 2 is 0.881 bits per heavy atom. The monoisotopic (exact) mass is 582 g/mol. The lowest BCUT2D eigenvalue weighted by Gasteiger charge is -2.36. The van der Waals surface area contributed by atoms with Gasteiger partial charge in [-0.2, -0.15) is 0 Å². The molecule has 0 aliphatic heterocycles. The van der Waals surface area contributed by atoms with Crippen molar-refractivity contribution in [1.29, 1.82) is 0 Å². The number of phenolic OH excluding ortho intramolecular Hbond substituents is 2. The standard InChI is InChI=1S/C37H58O5/c1-33(2,3)26-20-24(21-27(30(26)39)34(4,5)6)37(13,32(41)42-19-17-15-14-16-18-38)25-22-28(35(7,8)9)31(40)29(23-25)36(10,11)12/h20-23,38-40H,14-19H2,1-13H3. The zero-order valence-electron chi connectivity index (χ0n) is 28.7. The largest absolute Gasteiger partial charge is 0.507 e. The first-order valence-electron chi connectivity index (χ1n) is 15.5. The first kappa shape index (κ1) is 35.7. The van der Waals surface area contributed by atoms with Gasteiger partial charge in [-0.25, -0.2) is 0 Å². The molecule has 0 radical (unpaired) electrons. The minimum atomic E-state index is -1.22. The summed E-state index contributed by atoms with van der Waals surface area (Å²) in [5.74, 6) is 0.158.